The largest absolute Gasteiger partial charge is 0.353 e. The van der Waals surface area contributed by atoms with Gasteiger partial charge in [0.25, 0.3) is 0 Å². The third-order valence-electron chi connectivity index (χ3n) is 5.00. The Morgan fingerprint density at radius 2 is 0.912 bits per heavy atom. The molecule has 0 atom stereocenters. The molecule has 0 saturated heterocycles. The molecule has 0 heterocycles. The van der Waals surface area contributed by atoms with Gasteiger partial charge in [0.2, 0.25) is 11.8 Å². The molecule has 8 heteroatoms. The lowest BCUT2D eigenvalue weighted by atomic mass is 10.1. The molecule has 0 fully saturated rings. The lowest BCUT2D eigenvalue weighted by molar-refractivity contribution is -0.117. The molecule has 0 aliphatic rings. The summed E-state index contributed by atoms with van der Waals surface area (Å²) in [5, 5.41) is 7.76. The highest BCUT2D eigenvalue weighted by Gasteiger charge is 2.04. The monoisotopic (exact) mass is 540 g/mol. The Labute approximate surface area is 221 Å². The fourth-order valence-corrected chi connectivity index (χ4v) is 4.20. The first-order valence-electron chi connectivity index (χ1n) is 11.2. The van der Waals surface area contributed by atoms with Crippen LogP contribution in [0.4, 0.5) is 0 Å². The average Bonchev–Trinajstić information content (AvgIpc) is 2.79. The van der Waals surface area contributed by atoms with Crippen LogP contribution in [-0.4, -0.2) is 24.9 Å². The highest BCUT2D eigenvalue weighted by atomic mass is 35.5. The highest BCUT2D eigenvalue weighted by Crippen LogP contribution is 2.26. The fourth-order valence-electron chi connectivity index (χ4n) is 3.16. The van der Waals surface area contributed by atoms with Crippen LogP contribution in [-0.2, 0) is 9.59 Å². The van der Waals surface area contributed by atoms with Crippen molar-refractivity contribution in [3.8, 4) is 0 Å². The van der Waals surface area contributed by atoms with Crippen LogP contribution in [0.2, 0.25) is 20.1 Å². The van der Waals surface area contributed by atoms with Gasteiger partial charge in [-0.1, -0.05) is 84.2 Å². The van der Waals surface area contributed by atoms with Crippen LogP contribution < -0.4 is 10.6 Å². The van der Waals surface area contributed by atoms with Crippen molar-refractivity contribution in [1.82, 2.24) is 10.6 Å². The summed E-state index contributed by atoms with van der Waals surface area (Å²) in [5.41, 5.74) is 1.27. The number of halogens is 4. The quantitative estimate of drug-likeness (QED) is 0.202. The van der Waals surface area contributed by atoms with E-state index >= 15 is 0 Å². The number of hydrogen-bond acceptors (Lipinski definition) is 2. The predicted octanol–water partition coefficient (Wildman–Crippen LogP) is 7.60. The van der Waals surface area contributed by atoms with E-state index in [-0.39, 0.29) is 11.8 Å². The Morgan fingerprint density at radius 3 is 1.26 bits per heavy atom. The molecule has 182 valence electrons. The van der Waals surface area contributed by atoms with E-state index in [1.165, 1.54) is 12.2 Å². The Bertz CT molecular complexity index is 900. The molecule has 2 amide bonds. The van der Waals surface area contributed by atoms with Crippen molar-refractivity contribution < 1.29 is 9.59 Å². The maximum atomic E-state index is 11.9. The summed E-state index contributed by atoms with van der Waals surface area (Å²) >= 11 is 24.3. The van der Waals surface area contributed by atoms with E-state index in [0.717, 1.165) is 38.5 Å². The molecule has 0 saturated carbocycles. The summed E-state index contributed by atoms with van der Waals surface area (Å²) in [4.78, 5) is 23.9. The third-order valence-corrected chi connectivity index (χ3v) is 6.32. The molecule has 0 spiro atoms. The second-order valence-electron chi connectivity index (χ2n) is 7.64. The number of benzene rings is 2. The predicted molar refractivity (Wildman–Crippen MR) is 145 cm³/mol. The summed E-state index contributed by atoms with van der Waals surface area (Å²) in [6.07, 6.45) is 12.2. The number of unbranched alkanes of at least 4 members (excludes halogenated alkanes) is 5. The van der Waals surface area contributed by atoms with E-state index in [0.29, 0.717) is 44.3 Å². The lowest BCUT2D eigenvalue weighted by Gasteiger charge is -2.05. The molecule has 2 N–H and O–H groups in total. The van der Waals surface area contributed by atoms with Gasteiger partial charge in [0.15, 0.2) is 0 Å². The van der Waals surface area contributed by atoms with Crippen molar-refractivity contribution in [3.63, 3.8) is 0 Å². The van der Waals surface area contributed by atoms with Crippen molar-refractivity contribution in [2.45, 2.75) is 38.5 Å². The van der Waals surface area contributed by atoms with E-state index in [1.807, 2.05) is 0 Å². The van der Waals surface area contributed by atoms with Crippen molar-refractivity contribution in [2.75, 3.05) is 13.1 Å². The van der Waals surface area contributed by atoms with E-state index in [1.54, 1.807) is 48.6 Å². The standard InChI is InChI=1S/C26H28Cl4N2O2/c27-21-9-7-10-22(28)19(21)13-15-25(33)31-17-5-3-1-2-4-6-18-32-26(34)16-14-20-23(29)11-8-12-24(20)30/h7-16H,1-6,17-18H2,(H,31,33)(H,32,34). The van der Waals surface area contributed by atoms with Crippen molar-refractivity contribution in [3.05, 3.63) is 79.8 Å². The number of hydrogen-bond donors (Lipinski definition) is 2. The van der Waals surface area contributed by atoms with E-state index in [4.69, 9.17) is 46.4 Å². The number of carbonyl (C=O) groups is 2. The van der Waals surface area contributed by atoms with Gasteiger partial charge in [-0.05, 0) is 49.3 Å². The normalized spacial score (nSPS) is 11.3. The van der Waals surface area contributed by atoms with Crippen LogP contribution >= 0.6 is 46.4 Å². The Morgan fingerprint density at radius 1 is 0.588 bits per heavy atom. The molecule has 2 rings (SSSR count). The average molecular weight is 542 g/mol. The van der Waals surface area contributed by atoms with Gasteiger partial charge in [-0.15, -0.1) is 0 Å². The van der Waals surface area contributed by atoms with Crippen LogP contribution in [0.25, 0.3) is 12.2 Å². The number of nitrogens with one attached hydrogen (secondary N) is 2. The van der Waals surface area contributed by atoms with Crippen molar-refractivity contribution in [1.29, 1.82) is 0 Å². The molecule has 0 bridgehead atoms. The molecule has 0 unspecified atom stereocenters. The second kappa shape index (κ2) is 15.8. The second-order valence-corrected chi connectivity index (χ2v) is 9.27. The van der Waals surface area contributed by atoms with Crippen LogP contribution in [0.3, 0.4) is 0 Å². The summed E-state index contributed by atoms with van der Waals surface area (Å²) < 4.78 is 0. The zero-order chi connectivity index (χ0) is 24.8. The number of carbonyl (C=O) groups excluding carboxylic acids is 2. The van der Waals surface area contributed by atoms with E-state index in [2.05, 4.69) is 10.6 Å². The summed E-state index contributed by atoms with van der Waals surface area (Å²) in [6, 6.07) is 10.4. The van der Waals surface area contributed by atoms with Gasteiger partial charge in [0.05, 0.1) is 0 Å². The number of amides is 2. The Hall–Kier alpha value is -1.98. The molecule has 0 aliphatic carbocycles. The van der Waals surface area contributed by atoms with Gasteiger partial charge >= 0.3 is 0 Å². The molecule has 0 aliphatic heterocycles. The van der Waals surface area contributed by atoms with Gasteiger partial charge in [-0.2, -0.15) is 0 Å². The molecule has 34 heavy (non-hydrogen) atoms. The maximum absolute atomic E-state index is 11.9. The van der Waals surface area contributed by atoms with Crippen molar-refractivity contribution in [2.24, 2.45) is 0 Å². The Kier molecular flexibility index (Phi) is 13.2. The minimum absolute atomic E-state index is 0.169. The molecule has 4 nitrogen and oxygen atoms in total. The fraction of sp³-hybridized carbons (Fsp3) is 0.308. The first kappa shape index (κ1) is 28.3. The third kappa shape index (κ3) is 10.5. The first-order valence-corrected chi connectivity index (χ1v) is 12.7. The van der Waals surface area contributed by atoms with Gasteiger partial charge in [0, 0.05) is 56.5 Å². The first-order chi connectivity index (χ1) is 16.4. The molecule has 2 aromatic carbocycles. The van der Waals surface area contributed by atoms with Gasteiger partial charge < -0.3 is 10.6 Å². The van der Waals surface area contributed by atoms with E-state index in [9.17, 15) is 9.59 Å². The highest BCUT2D eigenvalue weighted by molar-refractivity contribution is 6.37. The summed E-state index contributed by atoms with van der Waals surface area (Å²) in [5.74, 6) is -0.338. The summed E-state index contributed by atoms with van der Waals surface area (Å²) in [7, 11) is 0. The van der Waals surface area contributed by atoms with Gasteiger partial charge in [0.1, 0.15) is 0 Å². The zero-order valence-corrected chi connectivity index (χ0v) is 21.8. The van der Waals surface area contributed by atoms with Crippen LogP contribution in [0, 0.1) is 0 Å². The molecular weight excluding hydrogens is 514 g/mol. The smallest absolute Gasteiger partial charge is 0.244 e. The number of rotatable bonds is 13. The molecule has 0 aromatic heterocycles. The summed E-state index contributed by atoms with van der Waals surface area (Å²) in [6.45, 7) is 1.24. The topological polar surface area (TPSA) is 58.2 Å². The minimum Gasteiger partial charge on any atom is -0.353 e. The van der Waals surface area contributed by atoms with Crippen molar-refractivity contribution >= 4 is 70.4 Å². The minimum atomic E-state index is -0.169. The van der Waals surface area contributed by atoms with Crippen LogP contribution in [0.5, 0.6) is 0 Å². The molecule has 0 radical (unpaired) electrons. The van der Waals surface area contributed by atoms with Gasteiger partial charge in [-0.3, -0.25) is 9.59 Å². The Balaban J connectivity index is 1.49. The van der Waals surface area contributed by atoms with Gasteiger partial charge in [-0.25, -0.2) is 0 Å². The van der Waals surface area contributed by atoms with Crippen LogP contribution in [0.15, 0.2) is 48.6 Å². The lowest BCUT2D eigenvalue weighted by Crippen LogP contribution is -2.22. The molecular formula is C26H28Cl4N2O2. The maximum Gasteiger partial charge on any atom is 0.244 e. The van der Waals surface area contributed by atoms with Crippen LogP contribution in [0.1, 0.15) is 49.7 Å². The SMILES string of the molecule is O=C(C=Cc1c(Cl)cccc1Cl)NCCCCCCCCNC(=O)C=Cc1c(Cl)cccc1Cl. The van der Waals surface area contributed by atoms with E-state index < -0.39 is 0 Å². The zero-order valence-electron chi connectivity index (χ0n) is 18.8. The molecule has 2 aromatic rings.